The second-order valence-corrected chi connectivity index (χ2v) is 5.15. The highest BCUT2D eigenvalue weighted by Gasteiger charge is 2.54. The molecule has 0 aromatic heterocycles. The van der Waals surface area contributed by atoms with Crippen LogP contribution in [0, 0.1) is 0 Å². The second kappa shape index (κ2) is 2.86. The molecule has 1 amide bonds. The zero-order chi connectivity index (χ0) is 11.4. The zero-order valence-electron chi connectivity index (χ0n) is 9.20. The van der Waals surface area contributed by atoms with Crippen molar-refractivity contribution in [2.75, 3.05) is 0 Å². The lowest BCUT2D eigenvalue weighted by atomic mass is 9.87. The number of primary amides is 1. The summed E-state index contributed by atoms with van der Waals surface area (Å²) in [6.07, 6.45) is 3.77. The van der Waals surface area contributed by atoms with Crippen LogP contribution in [0.4, 0.5) is 0 Å². The monoisotopic (exact) mass is 216 g/mol. The van der Waals surface area contributed by atoms with Gasteiger partial charge < -0.3 is 11.5 Å². The lowest BCUT2D eigenvalue weighted by Crippen LogP contribution is -2.32. The number of carbonyl (C=O) groups excluding carboxylic acids is 1. The van der Waals surface area contributed by atoms with Gasteiger partial charge in [0.2, 0.25) is 5.91 Å². The van der Waals surface area contributed by atoms with Gasteiger partial charge in [0.1, 0.15) is 0 Å². The van der Waals surface area contributed by atoms with Crippen molar-refractivity contribution in [3.63, 3.8) is 0 Å². The van der Waals surface area contributed by atoms with E-state index in [9.17, 15) is 4.79 Å². The van der Waals surface area contributed by atoms with E-state index in [1.54, 1.807) is 0 Å². The van der Waals surface area contributed by atoms with Gasteiger partial charge >= 0.3 is 0 Å². The molecule has 0 heterocycles. The summed E-state index contributed by atoms with van der Waals surface area (Å²) in [7, 11) is 0. The highest BCUT2D eigenvalue weighted by molar-refractivity contribution is 5.90. The smallest absolute Gasteiger partial charge is 0.228 e. The van der Waals surface area contributed by atoms with Crippen LogP contribution < -0.4 is 11.5 Å². The molecule has 3 nitrogen and oxygen atoms in total. The first-order chi connectivity index (χ1) is 7.58. The van der Waals surface area contributed by atoms with Crippen LogP contribution in [-0.2, 0) is 15.7 Å². The standard InChI is InChI=1S/C13H16N2O/c14-11(16)12(5-6-12)9-3-1-2-4-10(9)13(15)7-8-13/h1-4H,5-8,15H2,(H2,14,16). The maximum Gasteiger partial charge on any atom is 0.228 e. The van der Waals surface area contributed by atoms with E-state index >= 15 is 0 Å². The maximum absolute atomic E-state index is 11.6. The van der Waals surface area contributed by atoms with Gasteiger partial charge in [0.15, 0.2) is 0 Å². The van der Waals surface area contributed by atoms with E-state index in [-0.39, 0.29) is 11.4 Å². The van der Waals surface area contributed by atoms with Crippen LogP contribution in [0.15, 0.2) is 24.3 Å². The molecule has 0 saturated heterocycles. The van der Waals surface area contributed by atoms with Crippen molar-refractivity contribution in [3.8, 4) is 0 Å². The van der Waals surface area contributed by atoms with Crippen LogP contribution in [0.5, 0.6) is 0 Å². The molecule has 0 spiro atoms. The Morgan fingerprint density at radius 3 is 2.06 bits per heavy atom. The van der Waals surface area contributed by atoms with Crippen LogP contribution in [0.2, 0.25) is 0 Å². The van der Waals surface area contributed by atoms with E-state index in [4.69, 9.17) is 11.5 Å². The number of benzene rings is 1. The molecule has 84 valence electrons. The Morgan fingerprint density at radius 2 is 1.62 bits per heavy atom. The Hall–Kier alpha value is -1.35. The summed E-state index contributed by atoms with van der Waals surface area (Å²) in [5.74, 6) is -0.204. The topological polar surface area (TPSA) is 69.1 Å². The first kappa shape index (κ1) is 9.85. The molecule has 2 saturated carbocycles. The van der Waals surface area contributed by atoms with Gasteiger partial charge in [0, 0.05) is 5.54 Å². The van der Waals surface area contributed by atoms with Gasteiger partial charge in [-0.1, -0.05) is 24.3 Å². The molecule has 2 aliphatic carbocycles. The molecule has 3 heteroatoms. The van der Waals surface area contributed by atoms with Crippen molar-refractivity contribution in [1.29, 1.82) is 0 Å². The van der Waals surface area contributed by atoms with E-state index < -0.39 is 5.41 Å². The molecule has 0 bridgehead atoms. The second-order valence-electron chi connectivity index (χ2n) is 5.15. The number of carbonyl (C=O) groups is 1. The molecule has 2 fully saturated rings. The van der Waals surface area contributed by atoms with Gasteiger partial charge in [0.25, 0.3) is 0 Å². The number of hydrogen-bond acceptors (Lipinski definition) is 2. The zero-order valence-corrected chi connectivity index (χ0v) is 9.20. The third-order valence-corrected chi connectivity index (χ3v) is 3.99. The molecule has 4 N–H and O–H groups in total. The average molecular weight is 216 g/mol. The Balaban J connectivity index is 2.11. The van der Waals surface area contributed by atoms with Crippen molar-refractivity contribution in [3.05, 3.63) is 35.4 Å². The van der Waals surface area contributed by atoms with Gasteiger partial charge in [-0.25, -0.2) is 0 Å². The molecule has 0 unspecified atom stereocenters. The lowest BCUT2D eigenvalue weighted by Gasteiger charge is -2.20. The molecule has 16 heavy (non-hydrogen) atoms. The van der Waals surface area contributed by atoms with Crippen LogP contribution in [0.3, 0.4) is 0 Å². The number of rotatable bonds is 3. The third kappa shape index (κ3) is 1.21. The summed E-state index contributed by atoms with van der Waals surface area (Å²) in [6, 6.07) is 8.02. The fraction of sp³-hybridized carbons (Fsp3) is 0.462. The minimum absolute atomic E-state index is 0.193. The summed E-state index contributed by atoms with van der Waals surface area (Å²) in [5, 5.41) is 0. The van der Waals surface area contributed by atoms with E-state index in [0.717, 1.165) is 36.8 Å². The predicted octanol–water partition coefficient (Wildman–Crippen LogP) is 1.15. The summed E-state index contributed by atoms with van der Waals surface area (Å²) >= 11 is 0. The molecule has 0 atom stereocenters. The Morgan fingerprint density at radius 1 is 1.06 bits per heavy atom. The summed E-state index contributed by atoms with van der Waals surface area (Å²) in [6.45, 7) is 0. The van der Waals surface area contributed by atoms with Gasteiger partial charge in [0.05, 0.1) is 5.41 Å². The minimum Gasteiger partial charge on any atom is -0.369 e. The summed E-state index contributed by atoms with van der Waals surface area (Å²) in [4.78, 5) is 11.6. The molecular formula is C13H16N2O. The Labute approximate surface area is 94.8 Å². The van der Waals surface area contributed by atoms with Gasteiger partial charge in [-0.2, -0.15) is 0 Å². The maximum atomic E-state index is 11.6. The molecule has 0 radical (unpaired) electrons. The fourth-order valence-corrected chi connectivity index (χ4v) is 2.51. The normalized spacial score (nSPS) is 23.8. The summed E-state index contributed by atoms with van der Waals surface area (Å²) in [5.41, 5.74) is 13.4. The third-order valence-electron chi connectivity index (χ3n) is 3.99. The van der Waals surface area contributed by atoms with Crippen molar-refractivity contribution in [1.82, 2.24) is 0 Å². The van der Waals surface area contributed by atoms with E-state index in [2.05, 4.69) is 0 Å². The van der Waals surface area contributed by atoms with Crippen molar-refractivity contribution < 1.29 is 4.79 Å². The van der Waals surface area contributed by atoms with E-state index in [0.29, 0.717) is 0 Å². The Bertz CT molecular complexity index is 459. The highest BCUT2D eigenvalue weighted by atomic mass is 16.1. The molecular weight excluding hydrogens is 200 g/mol. The van der Waals surface area contributed by atoms with Gasteiger partial charge in [-0.15, -0.1) is 0 Å². The molecule has 0 aliphatic heterocycles. The lowest BCUT2D eigenvalue weighted by molar-refractivity contribution is -0.120. The van der Waals surface area contributed by atoms with E-state index in [1.807, 2.05) is 24.3 Å². The molecule has 1 aromatic rings. The van der Waals surface area contributed by atoms with E-state index in [1.165, 1.54) is 0 Å². The van der Waals surface area contributed by atoms with Gasteiger partial charge in [-0.3, -0.25) is 4.79 Å². The predicted molar refractivity (Wildman–Crippen MR) is 61.6 cm³/mol. The van der Waals surface area contributed by atoms with Crippen LogP contribution in [0.1, 0.15) is 36.8 Å². The average Bonchev–Trinajstić information content (AvgIpc) is 3.13. The van der Waals surface area contributed by atoms with Crippen molar-refractivity contribution >= 4 is 5.91 Å². The van der Waals surface area contributed by atoms with Crippen LogP contribution in [-0.4, -0.2) is 5.91 Å². The SMILES string of the molecule is NC(=O)C1(c2ccccc2C2(N)CC2)CC1. The number of amides is 1. The first-order valence-electron chi connectivity index (χ1n) is 5.77. The molecule has 2 aliphatic rings. The number of hydrogen-bond donors (Lipinski definition) is 2. The first-order valence-corrected chi connectivity index (χ1v) is 5.77. The fourth-order valence-electron chi connectivity index (χ4n) is 2.51. The highest BCUT2D eigenvalue weighted by Crippen LogP contribution is 2.54. The van der Waals surface area contributed by atoms with Crippen LogP contribution in [0.25, 0.3) is 0 Å². The quantitative estimate of drug-likeness (QED) is 0.795. The van der Waals surface area contributed by atoms with Gasteiger partial charge in [-0.05, 0) is 36.8 Å². The summed E-state index contributed by atoms with van der Waals surface area (Å²) < 4.78 is 0. The Kier molecular flexibility index (Phi) is 1.76. The molecule has 1 aromatic carbocycles. The van der Waals surface area contributed by atoms with Crippen LogP contribution >= 0.6 is 0 Å². The minimum atomic E-state index is -0.411. The molecule has 3 rings (SSSR count). The van der Waals surface area contributed by atoms with Crippen molar-refractivity contribution in [2.24, 2.45) is 11.5 Å². The van der Waals surface area contributed by atoms with Crippen molar-refractivity contribution in [2.45, 2.75) is 36.6 Å². The number of nitrogens with two attached hydrogens (primary N) is 2. The largest absolute Gasteiger partial charge is 0.369 e.